The fraction of sp³-hybridized carbons (Fsp3) is 0.0435. The number of carbonyl (C=O) groups excluding carboxylic acids is 1. The van der Waals surface area contributed by atoms with Gasteiger partial charge in [0.25, 0.3) is 5.91 Å². The van der Waals surface area contributed by atoms with E-state index in [4.69, 9.17) is 23.2 Å². The first-order valence-electron chi connectivity index (χ1n) is 9.33. The van der Waals surface area contributed by atoms with Crippen LogP contribution in [0, 0.1) is 0 Å². The fourth-order valence-electron chi connectivity index (χ4n) is 3.14. The molecule has 1 N–H and O–H groups in total. The van der Waals surface area contributed by atoms with E-state index in [1.54, 1.807) is 48.7 Å². The van der Waals surface area contributed by atoms with Crippen LogP contribution in [0.3, 0.4) is 0 Å². The minimum atomic E-state index is -3.46. The molecule has 0 aliphatic heterocycles. The molecule has 0 radical (unpaired) electrons. The maximum Gasteiger partial charge on any atom is 0.256 e. The topological polar surface area (TPSA) is 76.1 Å². The van der Waals surface area contributed by atoms with Gasteiger partial charge in [-0.15, -0.1) is 11.3 Å². The lowest BCUT2D eigenvalue weighted by atomic mass is 9.99. The molecule has 3 aromatic carbocycles. The number of carbonyl (C=O) groups is 1. The highest BCUT2D eigenvalue weighted by Gasteiger charge is 2.18. The smallest absolute Gasteiger partial charge is 0.256 e. The summed E-state index contributed by atoms with van der Waals surface area (Å²) < 4.78 is 24.2. The summed E-state index contributed by atoms with van der Waals surface area (Å²) in [5.74, 6) is -0.387. The molecule has 0 saturated heterocycles. The number of benzene rings is 3. The Labute approximate surface area is 199 Å². The van der Waals surface area contributed by atoms with E-state index in [0.29, 0.717) is 38.0 Å². The standard InChI is InChI=1S/C23H16Cl2N2O3S2/c1-32(29,30)17-7-8-18(19(13-17)14-2-4-15(24)5-3-14)22(28)27-16-6-9-21(25)20(12-16)23-26-10-11-31-23/h2-13H,1H3,(H,27,28). The maximum atomic E-state index is 13.2. The number of amides is 1. The highest BCUT2D eigenvalue weighted by Crippen LogP contribution is 2.33. The fourth-order valence-corrected chi connectivity index (χ4v) is 4.85. The Morgan fingerprint density at radius 2 is 1.72 bits per heavy atom. The summed E-state index contributed by atoms with van der Waals surface area (Å²) >= 11 is 13.7. The van der Waals surface area contributed by atoms with E-state index in [0.717, 1.165) is 11.3 Å². The van der Waals surface area contributed by atoms with Crippen molar-refractivity contribution in [2.45, 2.75) is 4.90 Å². The number of hydrogen-bond donors (Lipinski definition) is 1. The van der Waals surface area contributed by atoms with Crippen molar-refractivity contribution in [3.05, 3.63) is 87.8 Å². The number of anilines is 1. The zero-order valence-electron chi connectivity index (χ0n) is 16.7. The highest BCUT2D eigenvalue weighted by molar-refractivity contribution is 7.90. The van der Waals surface area contributed by atoms with Gasteiger partial charge in [-0.2, -0.15) is 0 Å². The Morgan fingerprint density at radius 3 is 2.38 bits per heavy atom. The molecule has 0 saturated carbocycles. The molecule has 5 nitrogen and oxygen atoms in total. The van der Waals surface area contributed by atoms with E-state index in [-0.39, 0.29) is 10.8 Å². The third kappa shape index (κ3) is 4.86. The van der Waals surface area contributed by atoms with Gasteiger partial charge in [0.1, 0.15) is 5.01 Å². The Morgan fingerprint density at radius 1 is 0.969 bits per heavy atom. The minimum Gasteiger partial charge on any atom is -0.322 e. The Hall–Kier alpha value is -2.71. The molecule has 32 heavy (non-hydrogen) atoms. The summed E-state index contributed by atoms with van der Waals surface area (Å²) in [5.41, 5.74) is 2.73. The molecule has 4 rings (SSSR count). The summed E-state index contributed by atoms with van der Waals surface area (Å²) in [4.78, 5) is 17.6. The van der Waals surface area contributed by atoms with Crippen molar-refractivity contribution >= 4 is 56.0 Å². The summed E-state index contributed by atoms with van der Waals surface area (Å²) in [6, 6.07) is 16.4. The molecule has 9 heteroatoms. The van der Waals surface area contributed by atoms with Gasteiger partial charge < -0.3 is 5.32 Å². The number of sulfone groups is 1. The van der Waals surface area contributed by atoms with Crippen LogP contribution < -0.4 is 5.32 Å². The molecule has 1 amide bonds. The van der Waals surface area contributed by atoms with Gasteiger partial charge in [-0.25, -0.2) is 13.4 Å². The van der Waals surface area contributed by atoms with Crippen LogP contribution in [0.25, 0.3) is 21.7 Å². The van der Waals surface area contributed by atoms with Gasteiger partial charge in [-0.1, -0.05) is 35.3 Å². The van der Waals surface area contributed by atoms with Crippen molar-refractivity contribution in [2.75, 3.05) is 11.6 Å². The van der Waals surface area contributed by atoms with E-state index in [1.807, 2.05) is 5.38 Å². The van der Waals surface area contributed by atoms with Crippen molar-refractivity contribution in [3.63, 3.8) is 0 Å². The lowest BCUT2D eigenvalue weighted by Gasteiger charge is -2.13. The first-order chi connectivity index (χ1) is 15.2. The van der Waals surface area contributed by atoms with Crippen molar-refractivity contribution in [1.82, 2.24) is 4.98 Å². The molecule has 0 bridgehead atoms. The van der Waals surface area contributed by atoms with Gasteiger partial charge in [-0.05, 0) is 59.7 Å². The Balaban J connectivity index is 1.74. The largest absolute Gasteiger partial charge is 0.322 e. The minimum absolute atomic E-state index is 0.122. The van der Waals surface area contributed by atoms with Crippen molar-refractivity contribution < 1.29 is 13.2 Å². The SMILES string of the molecule is CS(=O)(=O)c1ccc(C(=O)Nc2ccc(Cl)c(-c3nccs3)c2)c(-c2ccc(Cl)cc2)c1. The number of aromatic nitrogens is 1. The second-order valence-electron chi connectivity index (χ2n) is 6.97. The first kappa shape index (κ1) is 22.5. The second-order valence-corrected chi connectivity index (χ2v) is 10.7. The van der Waals surface area contributed by atoms with Gasteiger partial charge in [-0.3, -0.25) is 4.79 Å². The zero-order chi connectivity index (χ0) is 22.9. The van der Waals surface area contributed by atoms with Crippen LogP contribution in [0.15, 0.2) is 77.1 Å². The normalized spacial score (nSPS) is 11.3. The van der Waals surface area contributed by atoms with Crippen molar-refractivity contribution in [2.24, 2.45) is 0 Å². The van der Waals surface area contributed by atoms with Crippen LogP contribution in [0.5, 0.6) is 0 Å². The molecule has 0 fully saturated rings. The van der Waals surface area contributed by atoms with E-state index in [9.17, 15) is 13.2 Å². The van der Waals surface area contributed by atoms with Gasteiger partial charge in [0, 0.05) is 39.7 Å². The Bertz CT molecular complexity index is 1400. The monoisotopic (exact) mass is 502 g/mol. The summed E-state index contributed by atoms with van der Waals surface area (Å²) in [7, 11) is -3.46. The van der Waals surface area contributed by atoms with Crippen LogP contribution in [-0.4, -0.2) is 25.6 Å². The van der Waals surface area contributed by atoms with Crippen LogP contribution in [-0.2, 0) is 9.84 Å². The lowest BCUT2D eigenvalue weighted by Crippen LogP contribution is -2.14. The van der Waals surface area contributed by atoms with Gasteiger partial charge >= 0.3 is 0 Å². The van der Waals surface area contributed by atoms with Gasteiger partial charge in [0.2, 0.25) is 0 Å². The molecule has 0 unspecified atom stereocenters. The van der Waals surface area contributed by atoms with E-state index < -0.39 is 9.84 Å². The molecule has 0 atom stereocenters. The highest BCUT2D eigenvalue weighted by atomic mass is 35.5. The molecule has 4 aromatic rings. The molecule has 1 heterocycles. The number of nitrogens with zero attached hydrogens (tertiary/aromatic N) is 1. The lowest BCUT2D eigenvalue weighted by molar-refractivity contribution is 0.102. The van der Waals surface area contributed by atoms with Crippen LogP contribution in [0.2, 0.25) is 10.0 Å². The average Bonchev–Trinajstić information content (AvgIpc) is 3.29. The number of thiazole rings is 1. The predicted molar refractivity (Wildman–Crippen MR) is 131 cm³/mol. The van der Waals surface area contributed by atoms with E-state index >= 15 is 0 Å². The summed E-state index contributed by atoms with van der Waals surface area (Å²) in [6.45, 7) is 0. The second kappa shape index (κ2) is 9.03. The van der Waals surface area contributed by atoms with Crippen LogP contribution in [0.4, 0.5) is 5.69 Å². The van der Waals surface area contributed by atoms with Crippen molar-refractivity contribution in [3.8, 4) is 21.7 Å². The molecule has 0 aliphatic rings. The number of hydrogen-bond acceptors (Lipinski definition) is 5. The third-order valence-corrected chi connectivity index (χ3v) is 7.20. The summed E-state index contributed by atoms with van der Waals surface area (Å²) in [5, 5.41) is 6.52. The molecular formula is C23H16Cl2N2O3S2. The van der Waals surface area contributed by atoms with Gasteiger partial charge in [0.05, 0.1) is 9.92 Å². The average molecular weight is 503 g/mol. The number of rotatable bonds is 5. The van der Waals surface area contributed by atoms with Crippen LogP contribution in [0.1, 0.15) is 10.4 Å². The van der Waals surface area contributed by atoms with E-state index in [1.165, 1.54) is 29.5 Å². The number of nitrogens with one attached hydrogen (secondary N) is 1. The molecule has 0 aliphatic carbocycles. The van der Waals surface area contributed by atoms with Gasteiger partial charge in [0.15, 0.2) is 9.84 Å². The zero-order valence-corrected chi connectivity index (χ0v) is 19.8. The predicted octanol–water partition coefficient (Wildman–Crippen LogP) is 6.44. The quantitative estimate of drug-likeness (QED) is 0.340. The molecule has 0 spiro atoms. The molecule has 162 valence electrons. The molecule has 1 aromatic heterocycles. The van der Waals surface area contributed by atoms with Crippen LogP contribution >= 0.6 is 34.5 Å². The Kier molecular flexibility index (Phi) is 6.35. The maximum absolute atomic E-state index is 13.2. The van der Waals surface area contributed by atoms with Crippen molar-refractivity contribution in [1.29, 1.82) is 0 Å². The third-order valence-electron chi connectivity index (χ3n) is 4.71. The first-order valence-corrected chi connectivity index (χ1v) is 12.9. The van der Waals surface area contributed by atoms with E-state index in [2.05, 4.69) is 10.3 Å². The summed E-state index contributed by atoms with van der Waals surface area (Å²) in [6.07, 6.45) is 2.81. The molecular weight excluding hydrogens is 487 g/mol. The number of halogens is 2.